The highest BCUT2D eigenvalue weighted by atomic mass is 19.1. The van der Waals surface area contributed by atoms with Gasteiger partial charge in [-0.05, 0) is 61.3 Å². The van der Waals surface area contributed by atoms with Crippen LogP contribution in [0.25, 0.3) is 5.70 Å². The Labute approximate surface area is 195 Å². The molecule has 1 aromatic rings. The van der Waals surface area contributed by atoms with Crippen LogP contribution in [0.5, 0.6) is 0 Å². The van der Waals surface area contributed by atoms with E-state index in [1.54, 1.807) is 6.08 Å². The van der Waals surface area contributed by atoms with Crippen molar-refractivity contribution in [3.8, 4) is 0 Å². The number of ether oxygens (including phenoxy) is 1. The topological polar surface area (TPSA) is 54.3 Å². The molecule has 1 unspecified atom stereocenters. The van der Waals surface area contributed by atoms with Crippen molar-refractivity contribution in [1.82, 2.24) is 4.90 Å². The standard InChI is InChI=1S/C26H35F2N3O2/c1-17(2)20(11-10-18(3)25(32)31-15-26(16-31)12-7-13-33-26)19(4)14-23(30-29-5)24-21(27)8-6-9-22(24)28/h6,8-9,14,17-18,20H,4,7,10-13,15-16H2,1-3,5H3/b23-14-,30-29-/t18?,20-/m0/s1. The number of azo groups is 1. The third-order valence-electron chi connectivity index (χ3n) is 6.82. The summed E-state index contributed by atoms with van der Waals surface area (Å²) in [4.78, 5) is 14.8. The molecule has 2 aliphatic rings. The van der Waals surface area contributed by atoms with Crippen LogP contribution in [0.2, 0.25) is 0 Å². The maximum absolute atomic E-state index is 14.3. The molecule has 0 aromatic heterocycles. The van der Waals surface area contributed by atoms with Crippen LogP contribution in [-0.4, -0.2) is 43.2 Å². The van der Waals surface area contributed by atoms with Crippen LogP contribution in [-0.2, 0) is 9.53 Å². The second-order valence-electron chi connectivity index (χ2n) is 9.66. The molecule has 5 nitrogen and oxygen atoms in total. The second-order valence-corrected chi connectivity index (χ2v) is 9.66. The van der Waals surface area contributed by atoms with E-state index in [4.69, 9.17) is 4.74 Å². The van der Waals surface area contributed by atoms with Gasteiger partial charge in [0.1, 0.15) is 17.2 Å². The van der Waals surface area contributed by atoms with Crippen molar-refractivity contribution < 1.29 is 18.3 Å². The van der Waals surface area contributed by atoms with Gasteiger partial charge >= 0.3 is 0 Å². The average Bonchev–Trinajstić information content (AvgIpc) is 3.22. The summed E-state index contributed by atoms with van der Waals surface area (Å²) in [5, 5.41) is 7.71. The molecule has 0 aliphatic carbocycles. The molecule has 1 aromatic carbocycles. The minimum Gasteiger partial charge on any atom is -0.371 e. The maximum atomic E-state index is 14.3. The number of rotatable bonds is 9. The summed E-state index contributed by atoms with van der Waals surface area (Å²) in [5.41, 5.74) is 0.518. The first kappa shape index (κ1) is 25.2. The van der Waals surface area contributed by atoms with Crippen molar-refractivity contribution in [2.24, 2.45) is 28.0 Å². The number of benzene rings is 1. The minimum absolute atomic E-state index is 0.0399. The molecule has 0 radical (unpaired) electrons. The van der Waals surface area contributed by atoms with E-state index in [9.17, 15) is 13.6 Å². The smallest absolute Gasteiger partial charge is 0.225 e. The number of hydrogen-bond donors (Lipinski definition) is 0. The number of amides is 1. The highest BCUT2D eigenvalue weighted by Gasteiger charge is 2.48. The summed E-state index contributed by atoms with van der Waals surface area (Å²) < 4.78 is 34.5. The van der Waals surface area contributed by atoms with E-state index in [0.29, 0.717) is 19.5 Å². The van der Waals surface area contributed by atoms with Gasteiger partial charge in [-0.25, -0.2) is 8.78 Å². The predicted molar refractivity (Wildman–Crippen MR) is 125 cm³/mol. The Morgan fingerprint density at radius 2 is 1.91 bits per heavy atom. The Morgan fingerprint density at radius 3 is 2.45 bits per heavy atom. The van der Waals surface area contributed by atoms with Gasteiger partial charge in [0.25, 0.3) is 0 Å². The van der Waals surface area contributed by atoms with E-state index in [1.807, 2.05) is 11.8 Å². The summed E-state index contributed by atoms with van der Waals surface area (Å²) in [6.07, 6.45) is 5.16. The Balaban J connectivity index is 1.66. The van der Waals surface area contributed by atoms with E-state index in [1.165, 1.54) is 25.2 Å². The van der Waals surface area contributed by atoms with Crippen molar-refractivity contribution in [2.45, 2.75) is 52.1 Å². The van der Waals surface area contributed by atoms with Crippen molar-refractivity contribution >= 4 is 11.6 Å². The number of carbonyl (C=O) groups is 1. The average molecular weight is 460 g/mol. The molecule has 0 N–H and O–H groups in total. The molecule has 3 rings (SSSR count). The zero-order chi connectivity index (χ0) is 24.2. The van der Waals surface area contributed by atoms with E-state index in [2.05, 4.69) is 30.7 Å². The first-order valence-electron chi connectivity index (χ1n) is 11.7. The van der Waals surface area contributed by atoms with Gasteiger partial charge in [-0.15, -0.1) is 0 Å². The Morgan fingerprint density at radius 1 is 1.24 bits per heavy atom. The van der Waals surface area contributed by atoms with Gasteiger partial charge in [0.2, 0.25) is 5.91 Å². The molecule has 1 spiro atoms. The molecule has 7 heteroatoms. The number of allylic oxidation sites excluding steroid dienone is 2. The van der Waals surface area contributed by atoms with Crippen LogP contribution >= 0.6 is 0 Å². The lowest BCUT2D eigenvalue weighted by molar-refractivity contribution is -0.161. The van der Waals surface area contributed by atoms with Gasteiger partial charge < -0.3 is 9.64 Å². The predicted octanol–water partition coefficient (Wildman–Crippen LogP) is 6.02. The van der Waals surface area contributed by atoms with E-state index in [0.717, 1.165) is 31.4 Å². The Bertz CT molecular complexity index is 907. The summed E-state index contributed by atoms with van der Waals surface area (Å²) in [7, 11) is 1.46. The fourth-order valence-electron chi connectivity index (χ4n) is 4.91. The number of likely N-dealkylation sites (tertiary alicyclic amines) is 1. The number of hydrogen-bond acceptors (Lipinski definition) is 4. The lowest BCUT2D eigenvalue weighted by Gasteiger charge is -2.48. The van der Waals surface area contributed by atoms with Crippen LogP contribution in [0.15, 0.2) is 46.7 Å². The molecule has 1 amide bonds. The fraction of sp³-hybridized carbons (Fsp3) is 0.577. The summed E-state index contributed by atoms with van der Waals surface area (Å²) >= 11 is 0. The zero-order valence-electron chi connectivity index (χ0n) is 20.1. The van der Waals surface area contributed by atoms with Crippen molar-refractivity contribution in [3.63, 3.8) is 0 Å². The number of halogens is 2. The minimum atomic E-state index is -0.694. The largest absolute Gasteiger partial charge is 0.371 e. The van der Waals surface area contributed by atoms with Gasteiger partial charge in [0.15, 0.2) is 0 Å². The van der Waals surface area contributed by atoms with Gasteiger partial charge in [-0.1, -0.05) is 33.4 Å². The molecular weight excluding hydrogens is 424 g/mol. The lowest BCUT2D eigenvalue weighted by Crippen LogP contribution is -2.63. The normalized spacial score (nSPS) is 19.8. The summed E-state index contributed by atoms with van der Waals surface area (Å²) in [5.74, 6) is -1.06. The van der Waals surface area contributed by atoms with Crippen molar-refractivity contribution in [1.29, 1.82) is 0 Å². The summed E-state index contributed by atoms with van der Waals surface area (Å²) in [6.45, 7) is 12.5. The molecule has 2 atom stereocenters. The lowest BCUT2D eigenvalue weighted by atomic mass is 9.82. The molecular formula is C26H35F2N3O2. The highest BCUT2D eigenvalue weighted by molar-refractivity contribution is 5.79. The third-order valence-corrected chi connectivity index (χ3v) is 6.82. The van der Waals surface area contributed by atoms with Crippen LogP contribution in [0.1, 0.15) is 52.0 Å². The molecule has 2 aliphatic heterocycles. The first-order chi connectivity index (χ1) is 15.7. The fourth-order valence-corrected chi connectivity index (χ4v) is 4.91. The third kappa shape index (κ3) is 5.75. The van der Waals surface area contributed by atoms with E-state index < -0.39 is 11.6 Å². The van der Waals surface area contributed by atoms with Crippen LogP contribution in [0.3, 0.4) is 0 Å². The molecule has 180 valence electrons. The molecule has 2 heterocycles. The van der Waals surface area contributed by atoms with Crippen molar-refractivity contribution in [3.05, 3.63) is 53.6 Å². The van der Waals surface area contributed by atoms with Gasteiger partial charge in [-0.3, -0.25) is 4.79 Å². The molecule has 0 saturated carbocycles. The zero-order valence-corrected chi connectivity index (χ0v) is 20.1. The molecule has 0 bridgehead atoms. The number of carbonyl (C=O) groups excluding carboxylic acids is 1. The van der Waals surface area contributed by atoms with Gasteiger partial charge in [0.05, 0.1) is 24.4 Å². The molecule has 2 fully saturated rings. The SMILES string of the molecule is C=C(/C=C(\N=N/C)c1c(F)cccc1F)[C@@H](CCC(C)C(=O)N1CC2(CCCO2)C1)C(C)C. The quantitative estimate of drug-likeness (QED) is 0.335. The molecule has 2 saturated heterocycles. The van der Waals surface area contributed by atoms with Gasteiger partial charge in [-0.2, -0.15) is 10.2 Å². The van der Waals surface area contributed by atoms with Crippen molar-refractivity contribution in [2.75, 3.05) is 26.7 Å². The Hall–Kier alpha value is -2.41. The first-order valence-corrected chi connectivity index (χ1v) is 11.7. The van der Waals surface area contributed by atoms with E-state index in [-0.39, 0.29) is 40.5 Å². The van der Waals surface area contributed by atoms with Crippen LogP contribution in [0.4, 0.5) is 8.78 Å². The molecule has 33 heavy (non-hydrogen) atoms. The van der Waals surface area contributed by atoms with E-state index >= 15 is 0 Å². The van der Waals surface area contributed by atoms with Crippen LogP contribution < -0.4 is 0 Å². The maximum Gasteiger partial charge on any atom is 0.225 e. The Kier molecular flexibility index (Phi) is 8.16. The monoisotopic (exact) mass is 459 g/mol. The summed E-state index contributed by atoms with van der Waals surface area (Å²) in [6, 6.07) is 3.71. The number of nitrogens with zero attached hydrogens (tertiary/aromatic N) is 3. The highest BCUT2D eigenvalue weighted by Crippen LogP contribution is 2.37. The second kappa shape index (κ2) is 10.7. The van der Waals surface area contributed by atoms with Crippen LogP contribution in [0, 0.1) is 29.4 Å². The van der Waals surface area contributed by atoms with Gasteiger partial charge in [0, 0.05) is 19.6 Å².